The van der Waals surface area contributed by atoms with Gasteiger partial charge < -0.3 is 31.2 Å². The molecule has 8 nitrogen and oxygen atoms in total. The highest BCUT2D eigenvalue weighted by molar-refractivity contribution is 5.90. The predicted molar refractivity (Wildman–Crippen MR) is 194 cm³/mol. The molecule has 5 N–H and O–H groups in total. The third kappa shape index (κ3) is 25.4. The molecular weight excluding hydrogens is 564 g/mol. The first-order valence-corrected chi connectivity index (χ1v) is 15.7. The molecule has 2 aromatic carbocycles. The minimum atomic E-state index is -1.83. The number of aliphatic hydroxyl groups excluding tert-OH is 2. The van der Waals surface area contributed by atoms with Crippen LogP contribution < -0.4 is 10.6 Å². The van der Waals surface area contributed by atoms with Crippen LogP contribution in [0.25, 0.3) is 0 Å². The monoisotopic (exact) mass is 628 g/mol. The number of likely N-dealkylation sites (N-methyl/N-ethyl adjacent to an activating group) is 1. The van der Waals surface area contributed by atoms with E-state index >= 15 is 0 Å². The Hall–Kier alpha value is -3.67. The lowest BCUT2D eigenvalue weighted by Gasteiger charge is -2.31. The summed E-state index contributed by atoms with van der Waals surface area (Å²) in [6.45, 7) is 21.9. The first-order chi connectivity index (χ1) is 21.2. The smallest absolute Gasteiger partial charge is 0.254 e. The molecule has 0 aliphatic carbocycles. The van der Waals surface area contributed by atoms with Gasteiger partial charge in [-0.15, -0.1) is 12.3 Å². The molecule has 0 spiro atoms. The number of amides is 2. The van der Waals surface area contributed by atoms with E-state index in [4.69, 9.17) is 5.41 Å². The van der Waals surface area contributed by atoms with E-state index in [0.29, 0.717) is 6.54 Å². The van der Waals surface area contributed by atoms with E-state index in [1.807, 2.05) is 84.1 Å². The van der Waals surface area contributed by atoms with Crippen molar-refractivity contribution in [2.45, 2.75) is 107 Å². The van der Waals surface area contributed by atoms with Crippen LogP contribution in [0.15, 0.2) is 54.6 Å². The lowest BCUT2D eigenvalue weighted by atomic mass is 9.89. The van der Waals surface area contributed by atoms with E-state index < -0.39 is 24.0 Å². The van der Waals surface area contributed by atoms with E-state index in [1.165, 1.54) is 23.1 Å². The van der Waals surface area contributed by atoms with Gasteiger partial charge in [-0.25, -0.2) is 0 Å². The standard InChI is InChI=1S/C20H33N3O4.C7H8.C3H8.C3H4.C2H5N.C2H6/c1-7-20(3,4)12-23(6)19(27)17(25)16(24)18(26)22-13(2)14-8-10-15(21-5)11-9-14;1-7-5-3-2-4-6-7;2*1-3-2;1-2-3;1-2/h8-11,13,16-17,21,24-25H,7,12H2,1-6H3,(H,22,26);2-6H,1H3;3H2,1-2H3;1H,2H3;2-3H,1H3;1-2H3/t13-,16-,17-;;;;;/m1...../s1. The molecule has 256 valence electrons. The molecule has 0 unspecified atom stereocenters. The Kier molecular flexibility index (Phi) is 32.5. The van der Waals surface area contributed by atoms with Crippen LogP contribution in [0.4, 0.5) is 5.69 Å². The second-order valence-electron chi connectivity index (χ2n) is 10.6. The van der Waals surface area contributed by atoms with Gasteiger partial charge in [0.15, 0.2) is 12.2 Å². The number of nitrogens with zero attached hydrogens (tertiary/aromatic N) is 1. The van der Waals surface area contributed by atoms with Gasteiger partial charge in [0.05, 0.1) is 6.04 Å². The van der Waals surface area contributed by atoms with Crippen molar-refractivity contribution in [1.29, 1.82) is 5.41 Å². The molecule has 0 radical (unpaired) electrons. The number of aliphatic hydroxyl groups is 2. The van der Waals surface area contributed by atoms with Gasteiger partial charge in [0.2, 0.25) is 0 Å². The molecule has 0 aliphatic rings. The summed E-state index contributed by atoms with van der Waals surface area (Å²) >= 11 is 0. The van der Waals surface area contributed by atoms with Gasteiger partial charge in [0, 0.05) is 26.3 Å². The molecule has 2 amide bonds. The third-order valence-corrected chi connectivity index (χ3v) is 5.82. The minimum Gasteiger partial charge on any atom is -0.388 e. The average molecular weight is 629 g/mol. The van der Waals surface area contributed by atoms with Crippen LogP contribution >= 0.6 is 0 Å². The third-order valence-electron chi connectivity index (χ3n) is 5.82. The molecule has 0 saturated carbocycles. The van der Waals surface area contributed by atoms with Gasteiger partial charge in [0.1, 0.15) is 0 Å². The van der Waals surface area contributed by atoms with Crippen molar-refractivity contribution in [2.24, 2.45) is 5.41 Å². The summed E-state index contributed by atoms with van der Waals surface area (Å²) in [6, 6.07) is 17.3. The molecule has 2 rings (SSSR count). The molecule has 45 heavy (non-hydrogen) atoms. The molecule has 0 heterocycles. The SMILES string of the molecule is C#CC.CC.CC=N.CCC.CCC(C)(C)CN(C)C(=O)[C@H](O)[C@@H](O)C(=O)N[C@H](C)c1ccc(NC)cc1.Cc1ccccc1. The van der Waals surface area contributed by atoms with E-state index in [2.05, 4.69) is 55.9 Å². The van der Waals surface area contributed by atoms with E-state index in [9.17, 15) is 19.8 Å². The van der Waals surface area contributed by atoms with E-state index in [1.54, 1.807) is 27.8 Å². The fourth-order valence-corrected chi connectivity index (χ4v) is 3.19. The predicted octanol–water partition coefficient (Wildman–Crippen LogP) is 7.25. The number of nitrogens with one attached hydrogen (secondary N) is 3. The quantitative estimate of drug-likeness (QED) is 0.148. The summed E-state index contributed by atoms with van der Waals surface area (Å²) in [5.74, 6) is 0.786. The second-order valence-corrected chi connectivity index (χ2v) is 10.6. The molecule has 8 heteroatoms. The van der Waals surface area contributed by atoms with Crippen LogP contribution in [-0.4, -0.2) is 66.0 Å². The molecule has 3 atom stereocenters. The zero-order valence-electron chi connectivity index (χ0n) is 30.4. The van der Waals surface area contributed by atoms with Gasteiger partial charge in [0.25, 0.3) is 11.8 Å². The lowest BCUT2D eigenvalue weighted by molar-refractivity contribution is -0.153. The maximum atomic E-state index is 12.3. The number of anilines is 1. The zero-order valence-corrected chi connectivity index (χ0v) is 30.4. The van der Waals surface area contributed by atoms with Crippen LogP contribution in [-0.2, 0) is 9.59 Å². The molecule has 0 aromatic heterocycles. The molecule has 0 aliphatic heterocycles. The summed E-state index contributed by atoms with van der Waals surface area (Å²) in [6.07, 6.45) is 4.32. The largest absolute Gasteiger partial charge is 0.388 e. The van der Waals surface area contributed by atoms with Crippen molar-refractivity contribution in [3.8, 4) is 12.3 Å². The summed E-state index contributed by atoms with van der Waals surface area (Å²) in [5, 5.41) is 32.0. The van der Waals surface area contributed by atoms with Crippen LogP contribution in [0, 0.1) is 30.1 Å². The van der Waals surface area contributed by atoms with Crippen molar-refractivity contribution >= 4 is 23.7 Å². The van der Waals surface area contributed by atoms with Crippen molar-refractivity contribution in [1.82, 2.24) is 10.2 Å². The highest BCUT2D eigenvalue weighted by Crippen LogP contribution is 2.21. The van der Waals surface area contributed by atoms with E-state index in [0.717, 1.165) is 17.7 Å². The Morgan fingerprint density at radius 2 is 1.44 bits per heavy atom. The Morgan fingerprint density at radius 1 is 1.02 bits per heavy atom. The van der Waals surface area contributed by atoms with Gasteiger partial charge in [-0.05, 0) is 63.4 Å². The number of hydrogen-bond donors (Lipinski definition) is 5. The Balaban J connectivity index is -0.000000379. The summed E-state index contributed by atoms with van der Waals surface area (Å²) in [7, 11) is 3.37. The molecular formula is C37H64N4O4. The van der Waals surface area contributed by atoms with Crippen molar-refractivity contribution < 1.29 is 19.8 Å². The van der Waals surface area contributed by atoms with Crippen LogP contribution in [0.3, 0.4) is 0 Å². The zero-order chi connectivity index (χ0) is 36.0. The Morgan fingerprint density at radius 3 is 1.78 bits per heavy atom. The first kappa shape index (κ1) is 48.2. The highest BCUT2D eigenvalue weighted by atomic mass is 16.3. The summed E-state index contributed by atoms with van der Waals surface area (Å²) in [4.78, 5) is 25.9. The number of benzene rings is 2. The van der Waals surface area contributed by atoms with Crippen molar-refractivity contribution in [2.75, 3.05) is 26.0 Å². The summed E-state index contributed by atoms with van der Waals surface area (Å²) < 4.78 is 0. The number of terminal acetylenes is 1. The molecule has 2 aromatic rings. The minimum absolute atomic E-state index is 0.120. The van der Waals surface area contributed by atoms with Crippen molar-refractivity contribution in [3.63, 3.8) is 0 Å². The van der Waals surface area contributed by atoms with Gasteiger partial charge in [-0.1, -0.05) is 103 Å². The van der Waals surface area contributed by atoms with Crippen molar-refractivity contribution in [3.05, 3.63) is 65.7 Å². The fourth-order valence-electron chi connectivity index (χ4n) is 3.19. The highest BCUT2D eigenvalue weighted by Gasteiger charge is 2.34. The first-order valence-electron chi connectivity index (χ1n) is 15.7. The van der Waals surface area contributed by atoms with Crippen LogP contribution in [0.5, 0.6) is 0 Å². The maximum Gasteiger partial charge on any atom is 0.254 e. The van der Waals surface area contributed by atoms with Crippen LogP contribution in [0.2, 0.25) is 0 Å². The topological polar surface area (TPSA) is 126 Å². The lowest BCUT2D eigenvalue weighted by Crippen LogP contribution is -2.51. The molecule has 0 fully saturated rings. The average Bonchev–Trinajstić information content (AvgIpc) is 3.02. The number of carbonyl (C=O) groups excluding carboxylic acids is 2. The maximum absolute atomic E-state index is 12.3. The number of aryl methyl sites for hydroxylation is 1. The number of hydrogen-bond acceptors (Lipinski definition) is 6. The van der Waals surface area contributed by atoms with Gasteiger partial charge >= 0.3 is 0 Å². The number of carbonyl (C=O) groups is 2. The van der Waals surface area contributed by atoms with E-state index in [-0.39, 0.29) is 11.5 Å². The molecule has 0 saturated heterocycles. The van der Waals surface area contributed by atoms with Gasteiger partial charge in [-0.2, -0.15) is 0 Å². The van der Waals surface area contributed by atoms with Gasteiger partial charge in [-0.3, -0.25) is 9.59 Å². The second kappa shape index (κ2) is 30.4. The van der Waals surface area contributed by atoms with Crippen LogP contribution in [0.1, 0.15) is 99.2 Å². The molecule has 0 bridgehead atoms. The Bertz CT molecular complexity index is 1030. The summed E-state index contributed by atoms with van der Waals surface area (Å²) in [5.41, 5.74) is 2.99. The Labute approximate surface area is 275 Å². The number of rotatable bonds is 9. The normalized spacial score (nSPS) is 11.2. The fraction of sp³-hybridized carbons (Fsp3) is 0.541.